The van der Waals surface area contributed by atoms with Gasteiger partial charge in [0.25, 0.3) is 0 Å². The topological polar surface area (TPSA) is 68.8 Å². The first-order valence-electron chi connectivity index (χ1n) is 11.2. The number of nitrogens with zero attached hydrogens (tertiary/aromatic N) is 2. The number of carbonyl (C=O) groups excluding carboxylic acids is 1. The minimum absolute atomic E-state index is 0. The Morgan fingerprint density at radius 1 is 1.30 bits per heavy atom. The lowest BCUT2D eigenvalue weighted by atomic mass is 9.90. The fraction of sp³-hybridized carbons (Fsp3) is 0.652. The van der Waals surface area contributed by atoms with Crippen molar-refractivity contribution in [2.24, 2.45) is 16.8 Å². The van der Waals surface area contributed by atoms with Gasteiger partial charge in [-0.3, -0.25) is 9.79 Å². The van der Waals surface area contributed by atoms with Crippen molar-refractivity contribution in [3.05, 3.63) is 29.8 Å². The number of hydrogen-bond acceptors (Lipinski definition) is 3. The van der Waals surface area contributed by atoms with Crippen LogP contribution in [0.3, 0.4) is 0 Å². The normalized spacial score (nSPS) is 22.1. The van der Waals surface area contributed by atoms with Crippen LogP contribution in [-0.2, 0) is 4.79 Å². The van der Waals surface area contributed by atoms with Gasteiger partial charge in [0, 0.05) is 50.7 Å². The summed E-state index contributed by atoms with van der Waals surface area (Å²) in [7, 11) is 0. The molecule has 3 rings (SSSR count). The summed E-state index contributed by atoms with van der Waals surface area (Å²) in [4.78, 5) is 19.5. The molecule has 30 heavy (non-hydrogen) atoms. The molecule has 2 aliphatic heterocycles. The average molecular weight is 527 g/mol. The molecule has 0 bridgehead atoms. The second-order valence-corrected chi connectivity index (χ2v) is 8.80. The summed E-state index contributed by atoms with van der Waals surface area (Å²) in [6, 6.07) is 8.09. The van der Waals surface area contributed by atoms with Crippen LogP contribution < -0.4 is 16.0 Å². The molecule has 6 nitrogen and oxygen atoms in total. The number of para-hydroxylation sites is 1. The monoisotopic (exact) mass is 527 g/mol. The zero-order valence-corrected chi connectivity index (χ0v) is 20.9. The van der Waals surface area contributed by atoms with E-state index in [1.807, 2.05) is 18.2 Å². The fourth-order valence-corrected chi connectivity index (χ4v) is 4.45. The Morgan fingerprint density at radius 3 is 2.87 bits per heavy atom. The average Bonchev–Trinajstić information content (AvgIpc) is 2.69. The predicted molar refractivity (Wildman–Crippen MR) is 136 cm³/mol. The highest BCUT2D eigenvalue weighted by Crippen LogP contribution is 2.31. The number of fused-ring (bicyclic) bond motifs is 1. The molecule has 0 aliphatic carbocycles. The third-order valence-electron chi connectivity index (χ3n) is 5.70. The number of anilines is 1. The van der Waals surface area contributed by atoms with Crippen LogP contribution in [0.4, 0.5) is 5.69 Å². The van der Waals surface area contributed by atoms with Crippen LogP contribution in [0.2, 0.25) is 0 Å². The quantitative estimate of drug-likeness (QED) is 0.288. The van der Waals surface area contributed by atoms with E-state index in [-0.39, 0.29) is 35.8 Å². The summed E-state index contributed by atoms with van der Waals surface area (Å²) < 4.78 is 0. The van der Waals surface area contributed by atoms with E-state index >= 15 is 0 Å². The van der Waals surface area contributed by atoms with E-state index in [2.05, 4.69) is 47.7 Å². The highest BCUT2D eigenvalue weighted by molar-refractivity contribution is 14.0. The lowest BCUT2D eigenvalue weighted by Gasteiger charge is -2.33. The van der Waals surface area contributed by atoms with Gasteiger partial charge in [-0.2, -0.15) is 0 Å². The van der Waals surface area contributed by atoms with Crippen LogP contribution in [0.25, 0.3) is 0 Å². The summed E-state index contributed by atoms with van der Waals surface area (Å²) in [5, 5.41) is 9.82. The number of amides is 1. The Labute approximate surface area is 198 Å². The van der Waals surface area contributed by atoms with Crippen molar-refractivity contribution < 1.29 is 4.79 Å². The highest BCUT2D eigenvalue weighted by Gasteiger charge is 2.25. The van der Waals surface area contributed by atoms with Gasteiger partial charge in [-0.15, -0.1) is 24.0 Å². The molecule has 1 fully saturated rings. The molecule has 0 aromatic heterocycles. The van der Waals surface area contributed by atoms with Gasteiger partial charge >= 0.3 is 0 Å². The summed E-state index contributed by atoms with van der Waals surface area (Å²) in [6.07, 6.45) is 3.04. The van der Waals surface area contributed by atoms with Crippen LogP contribution in [0, 0.1) is 11.8 Å². The Balaban J connectivity index is 0.00000320. The van der Waals surface area contributed by atoms with E-state index in [0.29, 0.717) is 24.8 Å². The molecule has 1 saturated heterocycles. The van der Waals surface area contributed by atoms with Crippen LogP contribution in [0.1, 0.15) is 51.5 Å². The molecule has 1 aromatic rings. The first-order valence-corrected chi connectivity index (χ1v) is 11.2. The molecular formula is C23H38IN5O. The van der Waals surface area contributed by atoms with Gasteiger partial charge in [-0.25, -0.2) is 0 Å². The molecule has 1 amide bonds. The molecule has 0 saturated carbocycles. The molecule has 2 atom stereocenters. The molecule has 7 heteroatoms. The zero-order valence-electron chi connectivity index (χ0n) is 18.6. The number of nitrogens with one attached hydrogen (secondary N) is 3. The summed E-state index contributed by atoms with van der Waals surface area (Å²) >= 11 is 0. The van der Waals surface area contributed by atoms with E-state index in [1.165, 1.54) is 31.5 Å². The minimum Gasteiger partial charge on any atom is -0.357 e. The Hall–Kier alpha value is -1.35. The second kappa shape index (κ2) is 12.5. The van der Waals surface area contributed by atoms with Gasteiger partial charge in [0.05, 0.1) is 0 Å². The number of piperidine rings is 1. The van der Waals surface area contributed by atoms with Crippen molar-refractivity contribution in [3.63, 3.8) is 0 Å². The maximum atomic E-state index is 12.1. The summed E-state index contributed by atoms with van der Waals surface area (Å²) in [5.41, 5.74) is 2.14. The van der Waals surface area contributed by atoms with E-state index in [0.717, 1.165) is 31.3 Å². The van der Waals surface area contributed by atoms with Crippen molar-refractivity contribution >= 4 is 41.5 Å². The number of rotatable bonds is 7. The van der Waals surface area contributed by atoms with Crippen molar-refractivity contribution in [1.82, 2.24) is 15.5 Å². The standard InChI is InChI=1S/C23H37N5O.HI/c1-4-24-23(25-13-18-8-7-11-28(16-18)15-17(2)3)26-14-19-12-22(29)27-21-10-6-5-9-20(19)21;/h5-6,9-10,17-19H,4,7-8,11-16H2,1-3H3,(H,27,29)(H2,24,25,26);1H. The van der Waals surface area contributed by atoms with Gasteiger partial charge in [-0.05, 0) is 49.8 Å². The van der Waals surface area contributed by atoms with Gasteiger partial charge in [0.15, 0.2) is 5.96 Å². The minimum atomic E-state index is 0. The number of hydrogen-bond donors (Lipinski definition) is 3. The predicted octanol–water partition coefficient (Wildman–Crippen LogP) is 3.65. The van der Waals surface area contributed by atoms with Crippen LogP contribution in [0.15, 0.2) is 29.3 Å². The smallest absolute Gasteiger partial charge is 0.225 e. The molecule has 2 heterocycles. The van der Waals surface area contributed by atoms with Crippen LogP contribution in [-0.4, -0.2) is 56.0 Å². The van der Waals surface area contributed by atoms with Crippen molar-refractivity contribution in [2.45, 2.75) is 46.0 Å². The number of halogens is 1. The molecule has 0 radical (unpaired) electrons. The van der Waals surface area contributed by atoms with Gasteiger partial charge in [0.2, 0.25) is 5.91 Å². The molecule has 3 N–H and O–H groups in total. The molecular weight excluding hydrogens is 489 g/mol. The number of carbonyl (C=O) groups is 1. The lowest BCUT2D eigenvalue weighted by Crippen LogP contribution is -2.42. The lowest BCUT2D eigenvalue weighted by molar-refractivity contribution is -0.116. The number of guanidine groups is 1. The Bertz CT molecular complexity index is 709. The van der Waals surface area contributed by atoms with Crippen LogP contribution >= 0.6 is 24.0 Å². The maximum absolute atomic E-state index is 12.1. The third-order valence-corrected chi connectivity index (χ3v) is 5.70. The highest BCUT2D eigenvalue weighted by atomic mass is 127. The van der Waals surface area contributed by atoms with Gasteiger partial charge in [0.1, 0.15) is 0 Å². The first-order chi connectivity index (χ1) is 14.0. The molecule has 2 unspecified atom stereocenters. The largest absolute Gasteiger partial charge is 0.357 e. The van der Waals surface area contributed by atoms with Crippen molar-refractivity contribution in [3.8, 4) is 0 Å². The Kier molecular flexibility index (Phi) is 10.4. The second-order valence-electron chi connectivity index (χ2n) is 8.80. The summed E-state index contributed by atoms with van der Waals surface area (Å²) in [6.45, 7) is 12.6. The molecule has 2 aliphatic rings. The van der Waals surface area contributed by atoms with Crippen LogP contribution in [0.5, 0.6) is 0 Å². The fourth-order valence-electron chi connectivity index (χ4n) is 4.45. The summed E-state index contributed by atoms with van der Waals surface area (Å²) in [5.74, 6) is 2.45. The Morgan fingerprint density at radius 2 is 2.10 bits per heavy atom. The van der Waals surface area contributed by atoms with Crippen molar-refractivity contribution in [2.75, 3.05) is 44.6 Å². The number of likely N-dealkylation sites (tertiary alicyclic amines) is 1. The number of aliphatic imine (C=N–C) groups is 1. The van der Waals surface area contributed by atoms with Gasteiger partial charge in [-0.1, -0.05) is 32.0 Å². The van der Waals surface area contributed by atoms with Gasteiger partial charge < -0.3 is 20.9 Å². The third kappa shape index (κ3) is 7.41. The molecule has 0 spiro atoms. The van der Waals surface area contributed by atoms with E-state index in [1.54, 1.807) is 0 Å². The van der Waals surface area contributed by atoms with Crippen molar-refractivity contribution in [1.29, 1.82) is 0 Å². The van der Waals surface area contributed by atoms with E-state index < -0.39 is 0 Å². The van der Waals surface area contributed by atoms with E-state index in [4.69, 9.17) is 4.99 Å². The first kappa shape index (κ1) is 24.9. The van der Waals surface area contributed by atoms with E-state index in [9.17, 15) is 4.79 Å². The molecule has 1 aromatic carbocycles. The molecule has 168 valence electrons. The SMILES string of the molecule is CCNC(=NCC1CCCN(CC(C)C)C1)NCC1CC(=O)Nc2ccccc21.I. The zero-order chi connectivity index (χ0) is 20.6. The number of benzene rings is 1. The maximum Gasteiger partial charge on any atom is 0.225 e.